The number of ether oxygens (including phenoxy) is 2. The van der Waals surface area contributed by atoms with Crippen LogP contribution in [0.4, 0.5) is 5.69 Å². The number of benzene rings is 1. The van der Waals surface area contributed by atoms with E-state index in [1.165, 1.54) is 37.0 Å². The van der Waals surface area contributed by atoms with Gasteiger partial charge in [0.15, 0.2) is 0 Å². The van der Waals surface area contributed by atoms with E-state index in [4.69, 9.17) is 15.2 Å². The highest BCUT2D eigenvalue weighted by atomic mass is 32.1. The van der Waals surface area contributed by atoms with Crippen LogP contribution < -0.4 is 20.5 Å². The molecule has 1 aliphatic carbocycles. The number of carbonyl (C=O) groups is 1. The van der Waals surface area contributed by atoms with Crippen molar-refractivity contribution in [3.8, 4) is 11.5 Å². The molecular weight excluding hydrogens is 412 g/mol. The number of anilines is 1. The lowest BCUT2D eigenvalue weighted by Gasteiger charge is -2.24. The van der Waals surface area contributed by atoms with Crippen LogP contribution in [0.15, 0.2) is 29.8 Å². The van der Waals surface area contributed by atoms with Gasteiger partial charge in [0.05, 0.1) is 35.7 Å². The third-order valence-corrected chi connectivity index (χ3v) is 6.42. The molecule has 2 atom stereocenters. The van der Waals surface area contributed by atoms with E-state index in [1.54, 1.807) is 50.9 Å². The summed E-state index contributed by atoms with van der Waals surface area (Å²) in [5.74, 6) is 2.36. The van der Waals surface area contributed by atoms with Crippen molar-refractivity contribution in [2.75, 3.05) is 19.5 Å². The second-order valence-electron chi connectivity index (χ2n) is 7.73. The fraction of sp³-hybridized carbons (Fsp3) is 0.435. The lowest BCUT2D eigenvalue weighted by molar-refractivity contribution is 0.102. The van der Waals surface area contributed by atoms with E-state index in [1.807, 2.05) is 0 Å². The molecule has 1 aliphatic rings. The average Bonchev–Trinajstić information content (AvgIpc) is 3.19. The van der Waals surface area contributed by atoms with E-state index in [0.29, 0.717) is 40.1 Å². The minimum absolute atomic E-state index is 0.238. The molecule has 0 radical (unpaired) electrons. The van der Waals surface area contributed by atoms with E-state index < -0.39 is 0 Å². The molecule has 1 saturated carbocycles. The Labute approximate surface area is 187 Å². The number of nitrogens with one attached hydrogen (secondary N) is 1. The molecule has 1 aromatic carbocycles. The molecule has 2 unspecified atom stereocenters. The summed E-state index contributed by atoms with van der Waals surface area (Å²) < 4.78 is 11.3. The molecule has 3 aromatic rings. The molecule has 8 heteroatoms. The van der Waals surface area contributed by atoms with Gasteiger partial charge in [0, 0.05) is 23.7 Å². The van der Waals surface area contributed by atoms with Gasteiger partial charge in [-0.15, -0.1) is 11.3 Å². The summed E-state index contributed by atoms with van der Waals surface area (Å²) in [5, 5.41) is 4.64. The highest BCUT2D eigenvalue weighted by Crippen LogP contribution is 2.31. The van der Waals surface area contributed by atoms with Crippen molar-refractivity contribution in [3.63, 3.8) is 0 Å². The van der Waals surface area contributed by atoms with Crippen molar-refractivity contribution < 1.29 is 14.3 Å². The molecule has 166 valence electrons. The van der Waals surface area contributed by atoms with Crippen molar-refractivity contribution in [1.29, 1.82) is 0 Å². The number of nitrogens with two attached hydrogens (primary N) is 1. The van der Waals surface area contributed by atoms with E-state index >= 15 is 0 Å². The summed E-state index contributed by atoms with van der Waals surface area (Å²) >= 11 is 1.44. The zero-order valence-corrected chi connectivity index (χ0v) is 19.3. The normalized spacial score (nSPS) is 18.1. The van der Waals surface area contributed by atoms with Gasteiger partial charge in [0.1, 0.15) is 17.3 Å². The van der Waals surface area contributed by atoms with Crippen LogP contribution in [0, 0.1) is 12.8 Å². The maximum absolute atomic E-state index is 12.6. The zero-order valence-electron chi connectivity index (χ0n) is 18.5. The van der Waals surface area contributed by atoms with Crippen LogP contribution in [-0.2, 0) is 0 Å². The quantitative estimate of drug-likeness (QED) is 0.602. The van der Waals surface area contributed by atoms with Gasteiger partial charge < -0.3 is 20.5 Å². The largest absolute Gasteiger partial charge is 0.497 e. The minimum atomic E-state index is -0.238. The zero-order chi connectivity index (χ0) is 22.4. The SMILES string of the molecule is CC1CCCCC1N.COc1ccc(NC(=O)c2csc3cnc(C)nc23)c(OC)c1. The molecule has 7 nitrogen and oxygen atoms in total. The van der Waals surface area contributed by atoms with E-state index in [-0.39, 0.29) is 5.91 Å². The fourth-order valence-electron chi connectivity index (χ4n) is 3.51. The number of carbonyl (C=O) groups excluding carboxylic acids is 1. The standard InChI is InChI=1S/C16H15N3O3S.C7H15N/c1-9-17-7-14-15(18-9)11(8-23-14)16(20)19-12-5-4-10(21-2)6-13(12)22-3;1-6-4-2-3-5-7(6)8/h4-8H,1-3H3,(H,19,20);6-7H,2-5,8H2,1H3. The van der Waals surface area contributed by atoms with Crippen molar-refractivity contribution in [2.24, 2.45) is 11.7 Å². The third-order valence-electron chi connectivity index (χ3n) is 5.51. The number of hydrogen-bond donors (Lipinski definition) is 2. The van der Waals surface area contributed by atoms with E-state index in [2.05, 4.69) is 22.2 Å². The molecule has 4 rings (SSSR count). The van der Waals surface area contributed by atoms with Crippen LogP contribution in [0.2, 0.25) is 0 Å². The summed E-state index contributed by atoms with van der Waals surface area (Å²) in [6.45, 7) is 4.05. The number of hydrogen-bond acceptors (Lipinski definition) is 7. The summed E-state index contributed by atoms with van der Waals surface area (Å²) in [4.78, 5) is 21.1. The predicted octanol–water partition coefficient (Wildman–Crippen LogP) is 4.79. The topological polar surface area (TPSA) is 99.4 Å². The fourth-order valence-corrected chi connectivity index (χ4v) is 4.36. The second-order valence-corrected chi connectivity index (χ2v) is 8.64. The van der Waals surface area contributed by atoms with Gasteiger partial charge in [-0.2, -0.15) is 0 Å². The number of fused-ring (bicyclic) bond motifs is 1. The minimum Gasteiger partial charge on any atom is -0.497 e. The summed E-state index contributed by atoms with van der Waals surface area (Å²) in [5.41, 5.74) is 7.53. The Morgan fingerprint density at radius 3 is 2.65 bits per heavy atom. The van der Waals surface area contributed by atoms with Gasteiger partial charge >= 0.3 is 0 Å². The van der Waals surface area contributed by atoms with Crippen LogP contribution in [0.5, 0.6) is 11.5 Å². The molecule has 31 heavy (non-hydrogen) atoms. The lowest BCUT2D eigenvalue weighted by Crippen LogP contribution is -2.30. The van der Waals surface area contributed by atoms with Crippen LogP contribution >= 0.6 is 11.3 Å². The third kappa shape index (κ3) is 5.71. The van der Waals surface area contributed by atoms with Gasteiger partial charge in [-0.25, -0.2) is 9.97 Å². The second kappa shape index (κ2) is 10.5. The summed E-state index contributed by atoms with van der Waals surface area (Å²) in [7, 11) is 3.12. The molecule has 1 amide bonds. The van der Waals surface area contributed by atoms with Crippen LogP contribution in [0.3, 0.4) is 0 Å². The van der Waals surface area contributed by atoms with E-state index in [9.17, 15) is 4.79 Å². The average molecular weight is 443 g/mol. The monoisotopic (exact) mass is 442 g/mol. The summed E-state index contributed by atoms with van der Waals surface area (Å²) in [6, 6.07) is 5.72. The summed E-state index contributed by atoms with van der Waals surface area (Å²) in [6.07, 6.45) is 7.08. The van der Waals surface area contributed by atoms with Crippen molar-refractivity contribution >= 4 is 33.1 Å². The first-order chi connectivity index (χ1) is 14.9. The first-order valence-electron chi connectivity index (χ1n) is 10.4. The van der Waals surface area contributed by atoms with Gasteiger partial charge in [-0.3, -0.25) is 4.79 Å². The van der Waals surface area contributed by atoms with Crippen molar-refractivity contribution in [2.45, 2.75) is 45.6 Å². The lowest BCUT2D eigenvalue weighted by atomic mass is 9.87. The highest BCUT2D eigenvalue weighted by Gasteiger charge is 2.17. The molecule has 0 spiro atoms. The first kappa shape index (κ1) is 23.0. The Kier molecular flexibility index (Phi) is 7.81. The Hall–Kier alpha value is -2.71. The van der Waals surface area contributed by atoms with Gasteiger partial charge in [-0.05, 0) is 37.8 Å². The van der Waals surface area contributed by atoms with Gasteiger partial charge in [-0.1, -0.05) is 19.8 Å². The van der Waals surface area contributed by atoms with Crippen LogP contribution in [0.25, 0.3) is 10.2 Å². The van der Waals surface area contributed by atoms with Gasteiger partial charge in [0.25, 0.3) is 5.91 Å². The number of aryl methyl sites for hydroxylation is 1. The number of aromatic nitrogens is 2. The van der Waals surface area contributed by atoms with Crippen molar-refractivity contribution in [1.82, 2.24) is 9.97 Å². The number of nitrogens with zero attached hydrogens (tertiary/aromatic N) is 2. The number of methoxy groups -OCH3 is 2. The van der Waals surface area contributed by atoms with Gasteiger partial charge in [0.2, 0.25) is 0 Å². The predicted molar refractivity (Wildman–Crippen MR) is 125 cm³/mol. The molecule has 0 saturated heterocycles. The van der Waals surface area contributed by atoms with E-state index in [0.717, 1.165) is 10.6 Å². The number of amides is 1. The smallest absolute Gasteiger partial charge is 0.258 e. The molecule has 2 aromatic heterocycles. The maximum atomic E-state index is 12.6. The molecule has 2 heterocycles. The first-order valence-corrected chi connectivity index (χ1v) is 11.3. The maximum Gasteiger partial charge on any atom is 0.258 e. The molecular formula is C23H30N4O3S. The molecule has 0 aliphatic heterocycles. The number of thiophene rings is 1. The highest BCUT2D eigenvalue weighted by molar-refractivity contribution is 7.17. The number of rotatable bonds is 4. The Morgan fingerprint density at radius 1 is 1.23 bits per heavy atom. The Bertz CT molecular complexity index is 1030. The molecule has 3 N–H and O–H groups in total. The molecule has 1 fully saturated rings. The van der Waals surface area contributed by atoms with Crippen molar-refractivity contribution in [3.05, 3.63) is 41.2 Å². The Balaban J connectivity index is 0.000000287. The van der Waals surface area contributed by atoms with Crippen LogP contribution in [0.1, 0.15) is 48.8 Å². The van der Waals surface area contributed by atoms with Crippen LogP contribution in [-0.4, -0.2) is 36.1 Å². The Morgan fingerprint density at radius 2 is 2.00 bits per heavy atom. The molecule has 0 bridgehead atoms.